The Morgan fingerprint density at radius 1 is 0.793 bits per heavy atom. The number of carbonyl (C=O) groups is 1. The lowest BCUT2D eigenvalue weighted by atomic mass is 9.70. The Balaban J connectivity index is 1.43. The summed E-state index contributed by atoms with van der Waals surface area (Å²) in [5.74, 6) is 0. The molecule has 3 saturated heterocycles. The smallest absolute Gasteiger partial charge is 0.410 e. The van der Waals surface area contributed by atoms with Crippen LogP contribution in [0, 0.1) is 5.41 Å². The topological polar surface area (TPSA) is 39.3 Å². The van der Waals surface area contributed by atoms with Crippen molar-refractivity contribution in [2.45, 2.75) is 78.0 Å². The third-order valence-electron chi connectivity index (χ3n) is 7.26. The van der Waals surface area contributed by atoms with Gasteiger partial charge in [-0.2, -0.15) is 0 Å². The van der Waals surface area contributed by atoms with Gasteiger partial charge in [0.25, 0.3) is 0 Å². The third-order valence-corrected chi connectivity index (χ3v) is 7.26. The number of carbonyl (C=O) groups excluding carboxylic acids is 1. The molecule has 0 unspecified atom stereocenters. The van der Waals surface area contributed by atoms with E-state index in [9.17, 15) is 4.79 Å². The minimum Gasteiger partial charge on any atom is -0.444 e. The van der Waals surface area contributed by atoms with Crippen LogP contribution in [0.3, 0.4) is 0 Å². The van der Waals surface area contributed by atoms with Gasteiger partial charge in [-0.25, -0.2) is 4.79 Å². The Hall–Kier alpha value is -0.850. The largest absolute Gasteiger partial charge is 0.444 e. The second kappa shape index (κ2) is 7.69. The minimum atomic E-state index is -0.427. The van der Waals surface area contributed by atoms with Crippen molar-refractivity contribution in [2.75, 3.05) is 59.4 Å². The standard InChI is InChI=1S/C23H44N4O2/c1-20(2,3)29-19(28)25-11-13-26(14-12-25)21(4,5)9-10-22(6,7)27-17-23(18-27)15-24(8)16-23/h9-18H2,1-8H3. The summed E-state index contributed by atoms with van der Waals surface area (Å²) in [6.07, 6.45) is 2.21. The fourth-order valence-electron chi connectivity index (χ4n) is 5.24. The van der Waals surface area contributed by atoms with Gasteiger partial charge in [0.1, 0.15) is 5.60 Å². The summed E-state index contributed by atoms with van der Waals surface area (Å²) >= 11 is 0. The maximum atomic E-state index is 12.3. The first-order valence-corrected chi connectivity index (χ1v) is 11.4. The van der Waals surface area contributed by atoms with Gasteiger partial charge in [-0.15, -0.1) is 0 Å². The molecule has 3 rings (SSSR count). The first kappa shape index (κ1) is 22.8. The van der Waals surface area contributed by atoms with Crippen LogP contribution in [0.15, 0.2) is 0 Å². The minimum absolute atomic E-state index is 0.149. The Morgan fingerprint density at radius 2 is 1.28 bits per heavy atom. The van der Waals surface area contributed by atoms with E-state index < -0.39 is 5.60 Å². The lowest BCUT2D eigenvalue weighted by molar-refractivity contribution is -0.143. The predicted molar refractivity (Wildman–Crippen MR) is 118 cm³/mol. The highest BCUT2D eigenvalue weighted by molar-refractivity contribution is 5.68. The second-order valence-electron chi connectivity index (χ2n) is 12.1. The van der Waals surface area contributed by atoms with Crippen LogP contribution in [-0.2, 0) is 4.74 Å². The molecule has 1 spiro atoms. The van der Waals surface area contributed by atoms with Crippen LogP contribution in [0.4, 0.5) is 4.79 Å². The molecule has 29 heavy (non-hydrogen) atoms. The van der Waals surface area contributed by atoms with Gasteiger partial charge in [-0.1, -0.05) is 0 Å². The van der Waals surface area contributed by atoms with Crippen molar-refractivity contribution in [1.29, 1.82) is 0 Å². The highest BCUT2D eigenvalue weighted by Crippen LogP contribution is 2.43. The van der Waals surface area contributed by atoms with E-state index in [1.54, 1.807) is 0 Å². The summed E-state index contributed by atoms with van der Waals surface area (Å²) in [4.78, 5) is 21.9. The number of amides is 1. The molecular formula is C23H44N4O2. The molecule has 0 aromatic carbocycles. The van der Waals surface area contributed by atoms with Crippen LogP contribution in [0.5, 0.6) is 0 Å². The average molecular weight is 409 g/mol. The molecule has 3 heterocycles. The van der Waals surface area contributed by atoms with Gasteiger partial charge in [-0.3, -0.25) is 9.80 Å². The molecule has 3 aliphatic rings. The summed E-state index contributed by atoms with van der Waals surface area (Å²) in [6, 6.07) is 0. The lowest BCUT2D eigenvalue weighted by Gasteiger charge is -2.63. The first-order chi connectivity index (χ1) is 13.2. The average Bonchev–Trinajstić information content (AvgIpc) is 2.53. The first-order valence-electron chi connectivity index (χ1n) is 11.4. The molecule has 0 saturated carbocycles. The van der Waals surface area contributed by atoms with Crippen LogP contribution in [0.25, 0.3) is 0 Å². The zero-order chi connectivity index (χ0) is 21.7. The molecule has 0 aromatic rings. The number of nitrogens with zero attached hydrogens (tertiary/aromatic N) is 4. The molecule has 0 bridgehead atoms. The molecule has 6 nitrogen and oxygen atoms in total. The molecule has 3 aliphatic heterocycles. The summed E-state index contributed by atoms with van der Waals surface area (Å²) < 4.78 is 5.53. The van der Waals surface area contributed by atoms with Crippen molar-refractivity contribution in [1.82, 2.24) is 19.6 Å². The highest BCUT2D eigenvalue weighted by Gasteiger charge is 2.53. The number of rotatable bonds is 5. The van der Waals surface area contributed by atoms with Crippen LogP contribution in [0.2, 0.25) is 0 Å². The molecule has 3 fully saturated rings. The van der Waals surface area contributed by atoms with Gasteiger partial charge in [-0.05, 0) is 68.4 Å². The summed E-state index contributed by atoms with van der Waals surface area (Å²) in [5.41, 5.74) is 0.578. The van der Waals surface area contributed by atoms with Gasteiger partial charge in [0.2, 0.25) is 0 Å². The molecular weight excluding hydrogens is 364 g/mol. The number of piperazine rings is 1. The predicted octanol–water partition coefficient (Wildman–Crippen LogP) is 3.12. The number of likely N-dealkylation sites (tertiary alicyclic amines) is 2. The van der Waals surface area contributed by atoms with Crippen molar-refractivity contribution < 1.29 is 9.53 Å². The number of hydrogen-bond donors (Lipinski definition) is 0. The van der Waals surface area contributed by atoms with Crippen molar-refractivity contribution >= 4 is 6.09 Å². The quantitative estimate of drug-likeness (QED) is 0.699. The normalized spacial score (nSPS) is 24.3. The van der Waals surface area contributed by atoms with E-state index in [0.29, 0.717) is 5.41 Å². The zero-order valence-electron chi connectivity index (χ0n) is 20.2. The van der Waals surface area contributed by atoms with Gasteiger partial charge < -0.3 is 14.5 Å². The van der Waals surface area contributed by atoms with E-state index in [4.69, 9.17) is 4.74 Å². The summed E-state index contributed by atoms with van der Waals surface area (Å²) in [6.45, 7) is 23.8. The molecule has 0 aliphatic carbocycles. The zero-order valence-corrected chi connectivity index (χ0v) is 20.2. The molecule has 6 heteroatoms. The molecule has 0 aromatic heterocycles. The van der Waals surface area contributed by atoms with Crippen LogP contribution in [0.1, 0.15) is 61.3 Å². The Labute approximate surface area is 178 Å². The van der Waals surface area contributed by atoms with Crippen molar-refractivity contribution in [3.63, 3.8) is 0 Å². The van der Waals surface area contributed by atoms with E-state index in [0.717, 1.165) is 26.2 Å². The van der Waals surface area contributed by atoms with E-state index in [2.05, 4.69) is 49.4 Å². The van der Waals surface area contributed by atoms with Crippen molar-refractivity contribution in [3.05, 3.63) is 0 Å². The maximum absolute atomic E-state index is 12.3. The molecule has 0 N–H and O–H groups in total. The van der Waals surface area contributed by atoms with Crippen LogP contribution in [-0.4, -0.2) is 102 Å². The number of ether oxygens (including phenoxy) is 1. The summed E-state index contributed by atoms with van der Waals surface area (Å²) in [5, 5.41) is 0. The molecule has 0 radical (unpaired) electrons. The third kappa shape index (κ3) is 5.26. The Bertz CT molecular complexity index is 588. The Kier molecular flexibility index (Phi) is 6.05. The van der Waals surface area contributed by atoms with Crippen LogP contribution < -0.4 is 0 Å². The highest BCUT2D eigenvalue weighted by atomic mass is 16.6. The van der Waals surface area contributed by atoms with E-state index in [1.807, 2.05) is 25.7 Å². The molecule has 0 atom stereocenters. The van der Waals surface area contributed by atoms with E-state index >= 15 is 0 Å². The van der Waals surface area contributed by atoms with Crippen molar-refractivity contribution in [2.24, 2.45) is 5.41 Å². The van der Waals surface area contributed by atoms with Gasteiger partial charge in [0.05, 0.1) is 0 Å². The fourth-order valence-corrected chi connectivity index (χ4v) is 5.24. The van der Waals surface area contributed by atoms with Gasteiger partial charge in [0.15, 0.2) is 0 Å². The second-order valence-corrected chi connectivity index (χ2v) is 12.1. The summed E-state index contributed by atoms with van der Waals surface area (Å²) in [7, 11) is 2.23. The van der Waals surface area contributed by atoms with E-state index in [-0.39, 0.29) is 17.2 Å². The van der Waals surface area contributed by atoms with Gasteiger partial charge in [0, 0.05) is 68.9 Å². The van der Waals surface area contributed by atoms with Gasteiger partial charge >= 0.3 is 6.09 Å². The fraction of sp³-hybridized carbons (Fsp3) is 0.957. The lowest BCUT2D eigenvalue weighted by Crippen LogP contribution is -2.74. The van der Waals surface area contributed by atoms with Crippen LogP contribution >= 0.6 is 0 Å². The number of hydrogen-bond acceptors (Lipinski definition) is 5. The molecule has 1 amide bonds. The van der Waals surface area contributed by atoms with Crippen molar-refractivity contribution in [3.8, 4) is 0 Å². The monoisotopic (exact) mass is 408 g/mol. The Morgan fingerprint density at radius 3 is 1.72 bits per heavy atom. The van der Waals surface area contributed by atoms with E-state index in [1.165, 1.54) is 39.0 Å². The molecule has 168 valence electrons. The maximum Gasteiger partial charge on any atom is 0.410 e. The SMILES string of the molecule is CN1CC2(C1)CN(C(C)(C)CCC(C)(C)N1CCN(C(=O)OC(C)(C)C)CC1)C2.